The summed E-state index contributed by atoms with van der Waals surface area (Å²) in [6, 6.07) is 3.95. The Morgan fingerprint density at radius 2 is 1.90 bits per heavy atom. The third-order valence-electron chi connectivity index (χ3n) is 4.15. The molecular weight excluding hydrogens is 431 g/mol. The van der Waals surface area contributed by atoms with E-state index < -0.39 is 40.0 Å². The number of carbonyl (C=O) groups is 1. The van der Waals surface area contributed by atoms with E-state index in [1.54, 1.807) is 0 Å². The van der Waals surface area contributed by atoms with Crippen LogP contribution in [0.4, 0.5) is 18.9 Å². The van der Waals surface area contributed by atoms with Crippen LogP contribution in [0, 0.1) is 0 Å². The minimum Gasteiger partial charge on any atom is -0.406 e. The van der Waals surface area contributed by atoms with Crippen LogP contribution in [0.25, 0.3) is 0 Å². The highest BCUT2D eigenvalue weighted by Gasteiger charge is 2.32. The molecule has 1 aromatic heterocycles. The highest BCUT2D eigenvalue weighted by molar-refractivity contribution is 7.91. The molecule has 0 spiro atoms. The highest BCUT2D eigenvalue weighted by Crippen LogP contribution is 2.27. The summed E-state index contributed by atoms with van der Waals surface area (Å²) in [4.78, 5) is 15.4. The lowest BCUT2D eigenvalue weighted by molar-refractivity contribution is -0.274. The van der Waals surface area contributed by atoms with Crippen molar-refractivity contribution in [3.05, 3.63) is 42.2 Å². The van der Waals surface area contributed by atoms with Crippen LogP contribution >= 0.6 is 0 Å². The van der Waals surface area contributed by atoms with Crippen molar-refractivity contribution in [3.63, 3.8) is 0 Å². The molecule has 2 atom stereocenters. The lowest BCUT2D eigenvalue weighted by Crippen LogP contribution is -2.43. The number of nitrogens with two attached hydrogens (primary N) is 1. The smallest absolute Gasteiger partial charge is 0.406 e. The molecule has 0 bridgehead atoms. The second-order valence-electron chi connectivity index (χ2n) is 6.32. The summed E-state index contributed by atoms with van der Waals surface area (Å²) in [5.74, 6) is -1.30. The number of rotatable bonds is 5. The average molecular weight is 447 g/mol. The number of pyridine rings is 1. The maximum atomic E-state index is 12.7. The number of amides is 1. The molecule has 1 amide bonds. The lowest BCUT2D eigenvalue weighted by Gasteiger charge is -2.15. The third kappa shape index (κ3) is 4.80. The number of aliphatic hydroxyl groups is 1. The molecule has 13 heteroatoms. The molecule has 1 aliphatic rings. The molecule has 2 heterocycles. The molecule has 0 radical (unpaired) electrons. The second-order valence-corrected chi connectivity index (χ2v) is 8.27. The van der Waals surface area contributed by atoms with Crippen molar-refractivity contribution in [2.45, 2.75) is 28.3 Å². The van der Waals surface area contributed by atoms with Crippen LogP contribution in [0.5, 0.6) is 5.75 Å². The monoisotopic (exact) mass is 447 g/mol. The van der Waals surface area contributed by atoms with Gasteiger partial charge in [0.2, 0.25) is 9.84 Å². The fourth-order valence-corrected chi connectivity index (χ4v) is 3.91. The van der Waals surface area contributed by atoms with Gasteiger partial charge in [-0.2, -0.15) is 0 Å². The van der Waals surface area contributed by atoms with Gasteiger partial charge in [-0.25, -0.2) is 13.4 Å². The van der Waals surface area contributed by atoms with Gasteiger partial charge < -0.3 is 25.6 Å². The maximum absolute atomic E-state index is 12.7. The molecule has 1 saturated heterocycles. The van der Waals surface area contributed by atoms with Crippen molar-refractivity contribution in [2.24, 2.45) is 0 Å². The van der Waals surface area contributed by atoms with E-state index in [0.29, 0.717) is 0 Å². The fraction of sp³-hybridized carbons (Fsp3) is 0.294. The quantitative estimate of drug-likeness (QED) is 0.614. The Morgan fingerprint density at radius 1 is 1.23 bits per heavy atom. The van der Waals surface area contributed by atoms with E-state index in [2.05, 4.69) is 15.0 Å². The van der Waals surface area contributed by atoms with Gasteiger partial charge in [-0.05, 0) is 30.3 Å². The number of carbonyl (C=O) groups excluding carboxylic acids is 1. The highest BCUT2D eigenvalue weighted by atomic mass is 32.2. The molecule has 0 aliphatic carbocycles. The number of hydrogen-bond donors (Lipinski definition) is 3. The second kappa shape index (κ2) is 8.08. The zero-order valence-electron chi connectivity index (χ0n) is 15.1. The number of hydrogen-bond acceptors (Lipinski definition) is 8. The number of aromatic nitrogens is 1. The van der Waals surface area contributed by atoms with Crippen LogP contribution in [-0.4, -0.2) is 56.1 Å². The first-order valence-electron chi connectivity index (χ1n) is 8.40. The van der Waals surface area contributed by atoms with Gasteiger partial charge in [0.25, 0.3) is 5.91 Å². The number of alkyl halides is 3. The van der Waals surface area contributed by atoms with Gasteiger partial charge in [0, 0.05) is 6.20 Å². The number of ether oxygens (including phenoxy) is 2. The van der Waals surface area contributed by atoms with Gasteiger partial charge in [-0.3, -0.25) is 4.79 Å². The van der Waals surface area contributed by atoms with Crippen LogP contribution < -0.4 is 15.8 Å². The van der Waals surface area contributed by atoms with Crippen LogP contribution in [-0.2, 0) is 14.6 Å². The number of aliphatic hydroxyl groups excluding tert-OH is 1. The SMILES string of the molecule is Nc1cc(S(=O)(=O)c2ccc(OC(F)(F)F)cc2)cnc1C(=O)N[C@@H]1COC[C@H]1O. The van der Waals surface area contributed by atoms with Crippen LogP contribution in [0.15, 0.2) is 46.3 Å². The normalized spacial score (nSPS) is 19.5. The Balaban J connectivity index is 1.80. The van der Waals surface area contributed by atoms with Crippen LogP contribution in [0.2, 0.25) is 0 Å². The van der Waals surface area contributed by atoms with E-state index in [1.165, 1.54) is 0 Å². The maximum Gasteiger partial charge on any atom is 0.573 e. The van der Waals surface area contributed by atoms with Crippen molar-refractivity contribution in [3.8, 4) is 5.75 Å². The molecule has 162 valence electrons. The summed E-state index contributed by atoms with van der Waals surface area (Å²) in [5, 5.41) is 12.2. The van der Waals surface area contributed by atoms with Crippen LogP contribution in [0.1, 0.15) is 10.5 Å². The van der Waals surface area contributed by atoms with Crippen molar-refractivity contribution in [1.29, 1.82) is 0 Å². The number of nitrogens with zero attached hydrogens (tertiary/aromatic N) is 1. The predicted molar refractivity (Wildman–Crippen MR) is 95.3 cm³/mol. The number of halogens is 3. The van der Waals surface area contributed by atoms with Crippen molar-refractivity contribution in [1.82, 2.24) is 10.3 Å². The first kappa shape index (κ1) is 21.8. The number of nitrogen functional groups attached to an aromatic ring is 1. The summed E-state index contributed by atoms with van der Waals surface area (Å²) >= 11 is 0. The third-order valence-corrected chi connectivity index (χ3v) is 5.89. The van der Waals surface area contributed by atoms with Crippen LogP contribution in [0.3, 0.4) is 0 Å². The van der Waals surface area contributed by atoms with Crippen molar-refractivity contribution in [2.75, 3.05) is 18.9 Å². The van der Waals surface area contributed by atoms with E-state index in [4.69, 9.17) is 10.5 Å². The van der Waals surface area contributed by atoms with E-state index in [9.17, 15) is 31.5 Å². The topological polar surface area (TPSA) is 141 Å². The number of sulfone groups is 1. The Kier molecular flexibility index (Phi) is 5.87. The lowest BCUT2D eigenvalue weighted by atomic mass is 10.2. The molecule has 1 aliphatic heterocycles. The van der Waals surface area contributed by atoms with E-state index >= 15 is 0 Å². The van der Waals surface area contributed by atoms with Gasteiger partial charge in [0.05, 0.1) is 40.8 Å². The molecular formula is C17H16F3N3O6S. The summed E-state index contributed by atoms with van der Waals surface area (Å²) in [6.45, 7) is 0.172. The zero-order valence-corrected chi connectivity index (χ0v) is 15.9. The van der Waals surface area contributed by atoms with Gasteiger partial charge in [0.1, 0.15) is 5.75 Å². The predicted octanol–water partition coefficient (Wildman–Crippen LogP) is 0.885. The minimum absolute atomic E-state index is 0.0673. The van der Waals surface area contributed by atoms with Gasteiger partial charge in [-0.1, -0.05) is 0 Å². The molecule has 1 fully saturated rings. The Bertz CT molecular complexity index is 1040. The molecule has 0 unspecified atom stereocenters. The molecule has 3 rings (SSSR count). The molecule has 4 N–H and O–H groups in total. The first-order valence-corrected chi connectivity index (χ1v) is 9.89. The van der Waals surface area contributed by atoms with Crippen molar-refractivity contribution < 1.29 is 41.0 Å². The van der Waals surface area contributed by atoms with E-state index in [0.717, 1.165) is 36.5 Å². The van der Waals surface area contributed by atoms with Gasteiger partial charge in [-0.15, -0.1) is 13.2 Å². The average Bonchev–Trinajstić information content (AvgIpc) is 3.05. The van der Waals surface area contributed by atoms with Crippen molar-refractivity contribution >= 4 is 21.4 Å². The molecule has 2 aromatic rings. The fourth-order valence-electron chi connectivity index (χ4n) is 2.67. The molecule has 9 nitrogen and oxygen atoms in total. The summed E-state index contributed by atoms with van der Waals surface area (Å²) < 4.78 is 70.7. The Hall–Kier alpha value is -2.90. The zero-order chi connectivity index (χ0) is 22.1. The summed E-state index contributed by atoms with van der Waals surface area (Å²) in [7, 11) is -4.17. The molecule has 1 aromatic carbocycles. The largest absolute Gasteiger partial charge is 0.573 e. The van der Waals surface area contributed by atoms with E-state index in [-0.39, 0.29) is 34.4 Å². The Labute approximate surface area is 168 Å². The summed E-state index contributed by atoms with van der Waals surface area (Å²) in [5.41, 5.74) is 5.29. The first-order chi connectivity index (χ1) is 14.0. The standard InChI is InChI=1S/C17H16F3N3O6S/c18-17(19,20)29-9-1-3-10(4-2-9)30(26,27)11-5-12(21)15(22-6-11)16(25)23-13-7-28-8-14(13)24/h1-6,13-14,24H,7-8,21H2,(H,23,25)/t13-,14-/m1/s1. The molecule has 30 heavy (non-hydrogen) atoms. The minimum atomic E-state index is -4.91. The number of anilines is 1. The molecule has 0 saturated carbocycles. The van der Waals surface area contributed by atoms with Gasteiger partial charge >= 0.3 is 6.36 Å². The summed E-state index contributed by atoms with van der Waals surface area (Å²) in [6.07, 6.45) is -4.89. The van der Waals surface area contributed by atoms with Gasteiger partial charge in [0.15, 0.2) is 5.69 Å². The number of benzene rings is 1. The Morgan fingerprint density at radius 3 is 2.43 bits per heavy atom. The van der Waals surface area contributed by atoms with E-state index in [1.807, 2.05) is 0 Å². The number of nitrogens with one attached hydrogen (secondary N) is 1.